The van der Waals surface area contributed by atoms with Gasteiger partial charge in [-0.2, -0.15) is 26.3 Å². The van der Waals surface area contributed by atoms with Gasteiger partial charge in [0.25, 0.3) is 0 Å². The fourth-order valence-electron chi connectivity index (χ4n) is 3.21. The van der Waals surface area contributed by atoms with Gasteiger partial charge in [0, 0.05) is 18.0 Å². The molecular formula is C18H13F6N3O3. The minimum Gasteiger partial charge on any atom is -0.363 e. The smallest absolute Gasteiger partial charge is 0.363 e. The number of hydrogen-bond acceptors (Lipinski definition) is 4. The van der Waals surface area contributed by atoms with Crippen LogP contribution < -0.4 is 10.6 Å². The maximum atomic E-state index is 13.7. The van der Waals surface area contributed by atoms with E-state index in [1.807, 2.05) is 5.32 Å². The monoisotopic (exact) mass is 433 g/mol. The molecule has 0 aliphatic carbocycles. The molecule has 2 aromatic rings. The number of benzene rings is 1. The van der Waals surface area contributed by atoms with Crippen molar-refractivity contribution in [3.63, 3.8) is 0 Å². The van der Waals surface area contributed by atoms with Crippen LogP contribution in [0.15, 0.2) is 48.8 Å². The normalized spacial score (nSPS) is 24.7. The first kappa shape index (κ1) is 21.6. The zero-order valence-corrected chi connectivity index (χ0v) is 14.8. The van der Waals surface area contributed by atoms with Gasteiger partial charge in [-0.25, -0.2) is 4.79 Å². The molecule has 1 aliphatic rings. The van der Waals surface area contributed by atoms with Crippen LogP contribution in [0.4, 0.5) is 31.1 Å². The number of nitrogens with one attached hydrogen (secondary N) is 2. The lowest BCUT2D eigenvalue weighted by molar-refractivity contribution is -0.287. The van der Waals surface area contributed by atoms with E-state index in [4.69, 9.17) is 0 Å². The van der Waals surface area contributed by atoms with Crippen LogP contribution in [-0.4, -0.2) is 33.8 Å². The second-order valence-corrected chi connectivity index (χ2v) is 6.55. The van der Waals surface area contributed by atoms with Crippen LogP contribution in [0.5, 0.6) is 0 Å². The molecule has 12 heteroatoms. The number of urea groups is 1. The fourth-order valence-corrected chi connectivity index (χ4v) is 3.21. The average molecular weight is 433 g/mol. The summed E-state index contributed by atoms with van der Waals surface area (Å²) < 4.78 is 80.4. The van der Waals surface area contributed by atoms with Crippen LogP contribution in [0.3, 0.4) is 0 Å². The number of Topliss-reactive ketones (excluding diaryl/α,β-unsaturated/α-hetero) is 1. The summed E-state index contributed by atoms with van der Waals surface area (Å²) in [6.45, 7) is 0. The van der Waals surface area contributed by atoms with Crippen molar-refractivity contribution in [2.45, 2.75) is 24.1 Å². The summed E-state index contributed by atoms with van der Waals surface area (Å²) in [5.74, 6) is -3.72. The van der Waals surface area contributed by atoms with Crippen LogP contribution in [0.2, 0.25) is 0 Å². The van der Waals surface area contributed by atoms with Gasteiger partial charge >= 0.3 is 18.4 Å². The molecule has 1 saturated heterocycles. The molecule has 6 nitrogen and oxygen atoms in total. The first-order valence-corrected chi connectivity index (χ1v) is 8.34. The number of rotatable bonds is 3. The molecule has 30 heavy (non-hydrogen) atoms. The van der Waals surface area contributed by atoms with Crippen LogP contribution in [0, 0.1) is 5.92 Å². The molecule has 0 bridgehead atoms. The van der Waals surface area contributed by atoms with E-state index in [0.717, 1.165) is 24.4 Å². The maximum Gasteiger partial charge on any atom is 0.437 e. The molecule has 3 N–H and O–H groups in total. The largest absolute Gasteiger partial charge is 0.437 e. The first-order chi connectivity index (χ1) is 13.8. The van der Waals surface area contributed by atoms with Gasteiger partial charge in [-0.3, -0.25) is 9.78 Å². The highest BCUT2D eigenvalue weighted by atomic mass is 19.4. The van der Waals surface area contributed by atoms with Gasteiger partial charge in [-0.15, -0.1) is 0 Å². The minimum atomic E-state index is -5.52. The molecule has 0 spiro atoms. The molecule has 2 amide bonds. The summed E-state index contributed by atoms with van der Waals surface area (Å²) in [6, 6.07) is 2.10. The lowest BCUT2D eigenvalue weighted by Gasteiger charge is -2.45. The Balaban J connectivity index is 2.18. The third-order valence-corrected chi connectivity index (χ3v) is 4.61. The SMILES string of the molecule is O=C1N[C@H](c2cccc(C(F)(F)F)c2)[C@@H](C(=O)c2cccnc2)[C@](O)(C(F)(F)F)N1. The summed E-state index contributed by atoms with van der Waals surface area (Å²) in [5, 5.41) is 13.7. The van der Waals surface area contributed by atoms with Gasteiger partial charge in [0.05, 0.1) is 11.6 Å². The minimum absolute atomic E-state index is 0.333. The number of carbonyl (C=O) groups is 2. The summed E-state index contributed by atoms with van der Waals surface area (Å²) in [5.41, 5.74) is -6.01. The lowest BCUT2D eigenvalue weighted by atomic mass is 9.77. The predicted octanol–water partition coefficient (Wildman–Crippen LogP) is 3.20. The third kappa shape index (κ3) is 3.82. The number of ketones is 1. The van der Waals surface area contributed by atoms with E-state index in [9.17, 15) is 41.0 Å². The average Bonchev–Trinajstić information content (AvgIpc) is 2.66. The van der Waals surface area contributed by atoms with E-state index in [-0.39, 0.29) is 5.56 Å². The molecule has 2 heterocycles. The molecular weight excluding hydrogens is 420 g/mol. The van der Waals surface area contributed by atoms with E-state index in [0.29, 0.717) is 12.1 Å². The number of carbonyl (C=O) groups excluding carboxylic acids is 2. The molecule has 0 radical (unpaired) electrons. The number of aliphatic hydroxyl groups is 1. The van der Waals surface area contributed by atoms with Crippen molar-refractivity contribution in [2.24, 2.45) is 5.92 Å². The molecule has 1 aliphatic heterocycles. The number of aromatic nitrogens is 1. The summed E-state index contributed by atoms with van der Waals surface area (Å²) in [6.07, 6.45) is -8.15. The molecule has 1 aromatic heterocycles. The van der Waals surface area contributed by atoms with Crippen molar-refractivity contribution in [3.8, 4) is 0 Å². The summed E-state index contributed by atoms with van der Waals surface area (Å²) in [4.78, 5) is 28.4. The molecule has 1 fully saturated rings. The van der Waals surface area contributed by atoms with Crippen LogP contribution in [0.1, 0.15) is 27.5 Å². The highest BCUT2D eigenvalue weighted by Gasteiger charge is 2.66. The highest BCUT2D eigenvalue weighted by Crippen LogP contribution is 2.44. The van der Waals surface area contributed by atoms with Gasteiger partial charge < -0.3 is 15.7 Å². The summed E-state index contributed by atoms with van der Waals surface area (Å²) in [7, 11) is 0. The van der Waals surface area contributed by atoms with Crippen LogP contribution in [-0.2, 0) is 6.18 Å². The molecule has 160 valence electrons. The van der Waals surface area contributed by atoms with E-state index >= 15 is 0 Å². The molecule has 3 atom stereocenters. The van der Waals surface area contributed by atoms with Gasteiger partial charge in [-0.1, -0.05) is 12.1 Å². The number of alkyl halides is 6. The Morgan fingerprint density at radius 2 is 1.80 bits per heavy atom. The van der Waals surface area contributed by atoms with Crippen molar-refractivity contribution < 1.29 is 41.0 Å². The van der Waals surface area contributed by atoms with Gasteiger partial charge in [0.1, 0.15) is 5.92 Å². The number of pyridine rings is 1. The van der Waals surface area contributed by atoms with Crippen molar-refractivity contribution in [1.29, 1.82) is 0 Å². The second-order valence-electron chi connectivity index (χ2n) is 6.55. The van der Waals surface area contributed by atoms with Crippen LogP contribution in [0.25, 0.3) is 0 Å². The Morgan fingerprint density at radius 3 is 2.37 bits per heavy atom. The number of hydrogen-bond donors (Lipinski definition) is 3. The molecule has 3 rings (SSSR count). The number of nitrogens with zero attached hydrogens (tertiary/aromatic N) is 1. The van der Waals surface area contributed by atoms with Crippen molar-refractivity contribution in [2.75, 3.05) is 0 Å². The Hall–Kier alpha value is -3.15. The standard InChI is InChI=1S/C18H13F6N3O3/c19-17(20,21)11-5-1-3-9(7-11)13-12(14(28)10-4-2-6-25-8-10)16(30,18(22,23)24)27-15(29)26-13/h1-8,12-13,30H,(H2,26,27,29)/t12-,13+,16-/m0/s1. The predicted molar refractivity (Wildman–Crippen MR) is 88.9 cm³/mol. The Labute approximate surface area is 164 Å². The zero-order valence-electron chi connectivity index (χ0n) is 14.8. The quantitative estimate of drug-likeness (QED) is 0.512. The Morgan fingerprint density at radius 1 is 1.10 bits per heavy atom. The summed E-state index contributed by atoms with van der Waals surface area (Å²) >= 11 is 0. The Bertz CT molecular complexity index is 964. The second kappa shape index (κ2) is 7.27. The van der Waals surface area contributed by atoms with E-state index < -0.39 is 53.0 Å². The third-order valence-electron chi connectivity index (χ3n) is 4.61. The maximum absolute atomic E-state index is 13.7. The lowest BCUT2D eigenvalue weighted by Crippen LogP contribution is -2.72. The van der Waals surface area contributed by atoms with Gasteiger partial charge in [0.2, 0.25) is 5.72 Å². The number of amides is 2. The molecule has 0 saturated carbocycles. The Kier molecular flexibility index (Phi) is 5.23. The molecule has 1 aromatic carbocycles. The fraction of sp³-hybridized carbons (Fsp3) is 0.278. The van der Waals surface area contributed by atoms with Gasteiger partial charge in [-0.05, 0) is 29.8 Å². The molecule has 0 unspecified atom stereocenters. The van der Waals surface area contributed by atoms with E-state index in [1.165, 1.54) is 17.6 Å². The van der Waals surface area contributed by atoms with Crippen molar-refractivity contribution in [3.05, 3.63) is 65.5 Å². The van der Waals surface area contributed by atoms with Crippen molar-refractivity contribution in [1.82, 2.24) is 15.6 Å². The van der Waals surface area contributed by atoms with Crippen molar-refractivity contribution >= 4 is 11.8 Å². The van der Waals surface area contributed by atoms with E-state index in [2.05, 4.69) is 4.98 Å². The van der Waals surface area contributed by atoms with Gasteiger partial charge in [0.15, 0.2) is 5.78 Å². The zero-order chi connectivity index (χ0) is 22.3. The number of halogens is 6. The van der Waals surface area contributed by atoms with Crippen LogP contribution >= 0.6 is 0 Å². The highest BCUT2D eigenvalue weighted by molar-refractivity contribution is 6.00. The van der Waals surface area contributed by atoms with E-state index in [1.54, 1.807) is 0 Å². The first-order valence-electron chi connectivity index (χ1n) is 8.34. The topological polar surface area (TPSA) is 91.3 Å².